The first kappa shape index (κ1) is 15.9. The Bertz CT molecular complexity index is 450. The summed E-state index contributed by atoms with van der Waals surface area (Å²) in [7, 11) is 0. The van der Waals surface area contributed by atoms with Crippen LogP contribution >= 0.6 is 15.9 Å². The molecular formula is C13H19BrN2O3. The van der Waals surface area contributed by atoms with Crippen molar-refractivity contribution in [3.63, 3.8) is 0 Å². The molecule has 0 unspecified atom stereocenters. The van der Waals surface area contributed by atoms with E-state index in [0.717, 1.165) is 17.3 Å². The van der Waals surface area contributed by atoms with E-state index in [4.69, 9.17) is 5.11 Å². The summed E-state index contributed by atoms with van der Waals surface area (Å²) in [4.78, 5) is 10.6. The molecule has 0 saturated heterocycles. The van der Waals surface area contributed by atoms with Crippen molar-refractivity contribution in [2.45, 2.75) is 26.7 Å². The standard InChI is InChI=1S/C13H19BrN2O3/c1-13(2,6-3-7-17)9-15-11-8-10(14)4-5-12(11)16(18)19/h4-5,8,15,17H,3,6-7,9H2,1-2H3. The minimum absolute atomic E-state index is 0.0289. The largest absolute Gasteiger partial charge is 0.396 e. The number of nitro groups is 1. The van der Waals surface area contributed by atoms with Gasteiger partial charge in [-0.1, -0.05) is 29.8 Å². The lowest BCUT2D eigenvalue weighted by atomic mass is 9.88. The number of halogens is 1. The monoisotopic (exact) mass is 330 g/mol. The van der Waals surface area contributed by atoms with Gasteiger partial charge in [0.1, 0.15) is 5.69 Å². The Balaban J connectivity index is 2.76. The van der Waals surface area contributed by atoms with E-state index in [0.29, 0.717) is 12.2 Å². The molecule has 0 radical (unpaired) electrons. The summed E-state index contributed by atoms with van der Waals surface area (Å²) in [6, 6.07) is 4.84. The van der Waals surface area contributed by atoms with E-state index in [9.17, 15) is 10.1 Å². The highest BCUT2D eigenvalue weighted by Crippen LogP contribution is 2.30. The quantitative estimate of drug-likeness (QED) is 0.592. The fraction of sp³-hybridized carbons (Fsp3) is 0.538. The highest BCUT2D eigenvalue weighted by Gasteiger charge is 2.20. The van der Waals surface area contributed by atoms with Crippen molar-refractivity contribution in [2.75, 3.05) is 18.5 Å². The molecule has 0 saturated carbocycles. The summed E-state index contributed by atoms with van der Waals surface area (Å²) in [5.41, 5.74) is 0.552. The van der Waals surface area contributed by atoms with Gasteiger partial charge in [-0.3, -0.25) is 10.1 Å². The molecule has 0 heterocycles. The predicted molar refractivity (Wildman–Crippen MR) is 79.4 cm³/mol. The number of aliphatic hydroxyl groups is 1. The smallest absolute Gasteiger partial charge is 0.292 e. The van der Waals surface area contributed by atoms with E-state index < -0.39 is 4.92 Å². The number of nitrogens with one attached hydrogen (secondary N) is 1. The Labute approximate surface area is 121 Å². The van der Waals surface area contributed by atoms with Crippen molar-refractivity contribution in [1.82, 2.24) is 0 Å². The van der Waals surface area contributed by atoms with E-state index in [1.54, 1.807) is 12.1 Å². The molecule has 1 aromatic rings. The zero-order valence-electron chi connectivity index (χ0n) is 11.1. The van der Waals surface area contributed by atoms with Crippen molar-refractivity contribution < 1.29 is 10.0 Å². The Morgan fingerprint density at radius 3 is 2.74 bits per heavy atom. The van der Waals surface area contributed by atoms with E-state index in [1.807, 2.05) is 0 Å². The third-order valence-corrected chi connectivity index (χ3v) is 3.42. The maximum atomic E-state index is 10.9. The lowest BCUT2D eigenvalue weighted by Gasteiger charge is -2.25. The van der Waals surface area contributed by atoms with Crippen LogP contribution in [-0.2, 0) is 0 Å². The summed E-state index contributed by atoms with van der Waals surface area (Å²) >= 11 is 3.31. The Morgan fingerprint density at radius 2 is 2.16 bits per heavy atom. The van der Waals surface area contributed by atoms with Crippen LogP contribution in [0.15, 0.2) is 22.7 Å². The van der Waals surface area contributed by atoms with Crippen LogP contribution in [0.5, 0.6) is 0 Å². The van der Waals surface area contributed by atoms with Gasteiger partial charge in [-0.25, -0.2) is 0 Å². The number of hydrogen-bond acceptors (Lipinski definition) is 4. The molecule has 0 aliphatic rings. The first-order valence-corrected chi connectivity index (χ1v) is 6.94. The van der Waals surface area contributed by atoms with E-state index in [1.165, 1.54) is 6.07 Å². The normalized spacial score (nSPS) is 11.4. The average Bonchev–Trinajstić information content (AvgIpc) is 2.34. The van der Waals surface area contributed by atoms with E-state index in [-0.39, 0.29) is 17.7 Å². The van der Waals surface area contributed by atoms with Gasteiger partial charge in [-0.2, -0.15) is 0 Å². The third kappa shape index (κ3) is 5.16. The Morgan fingerprint density at radius 1 is 1.47 bits per heavy atom. The molecule has 1 aromatic carbocycles. The summed E-state index contributed by atoms with van der Waals surface area (Å²) in [6.45, 7) is 4.92. The number of nitro benzene ring substituents is 1. The van der Waals surface area contributed by atoms with Crippen molar-refractivity contribution >= 4 is 27.3 Å². The van der Waals surface area contributed by atoms with Crippen LogP contribution in [0, 0.1) is 15.5 Å². The molecule has 1 rings (SSSR count). The molecule has 0 aliphatic carbocycles. The number of aliphatic hydroxyl groups excluding tert-OH is 1. The summed E-state index contributed by atoms with van der Waals surface area (Å²) in [6.07, 6.45) is 1.59. The third-order valence-electron chi connectivity index (χ3n) is 2.92. The van der Waals surface area contributed by atoms with Gasteiger partial charge in [-0.05, 0) is 30.4 Å². The first-order chi connectivity index (χ1) is 8.85. The zero-order valence-corrected chi connectivity index (χ0v) is 12.7. The van der Waals surface area contributed by atoms with Gasteiger partial charge in [0, 0.05) is 23.7 Å². The molecule has 6 heteroatoms. The van der Waals surface area contributed by atoms with Gasteiger partial charge in [-0.15, -0.1) is 0 Å². The highest BCUT2D eigenvalue weighted by atomic mass is 79.9. The molecule has 19 heavy (non-hydrogen) atoms. The van der Waals surface area contributed by atoms with Crippen molar-refractivity contribution in [2.24, 2.45) is 5.41 Å². The molecule has 2 N–H and O–H groups in total. The molecule has 0 aromatic heterocycles. The van der Waals surface area contributed by atoms with Crippen LogP contribution in [0.2, 0.25) is 0 Å². The molecule has 0 bridgehead atoms. The van der Waals surface area contributed by atoms with Crippen LogP contribution in [0.4, 0.5) is 11.4 Å². The molecule has 0 aliphatic heterocycles. The van der Waals surface area contributed by atoms with Crippen LogP contribution in [0.3, 0.4) is 0 Å². The summed E-state index contributed by atoms with van der Waals surface area (Å²) in [5, 5.41) is 22.9. The number of nitrogens with zero attached hydrogens (tertiary/aromatic N) is 1. The lowest BCUT2D eigenvalue weighted by Crippen LogP contribution is -2.23. The topological polar surface area (TPSA) is 75.4 Å². The van der Waals surface area contributed by atoms with Gasteiger partial charge in [0.25, 0.3) is 5.69 Å². The van der Waals surface area contributed by atoms with Crippen LogP contribution in [-0.4, -0.2) is 23.2 Å². The predicted octanol–water partition coefficient (Wildman–Crippen LogP) is 3.57. The highest BCUT2D eigenvalue weighted by molar-refractivity contribution is 9.10. The Kier molecular flexibility index (Phi) is 5.75. The molecule has 0 fully saturated rings. The molecule has 106 valence electrons. The fourth-order valence-corrected chi connectivity index (χ4v) is 2.15. The first-order valence-electron chi connectivity index (χ1n) is 6.14. The van der Waals surface area contributed by atoms with Crippen LogP contribution in [0.25, 0.3) is 0 Å². The van der Waals surface area contributed by atoms with Crippen molar-refractivity contribution in [3.8, 4) is 0 Å². The number of anilines is 1. The molecular weight excluding hydrogens is 312 g/mol. The second-order valence-corrected chi connectivity index (χ2v) is 6.18. The minimum Gasteiger partial charge on any atom is -0.396 e. The lowest BCUT2D eigenvalue weighted by molar-refractivity contribution is -0.384. The number of benzene rings is 1. The number of hydrogen-bond donors (Lipinski definition) is 2. The fourth-order valence-electron chi connectivity index (χ4n) is 1.79. The maximum Gasteiger partial charge on any atom is 0.292 e. The SMILES string of the molecule is CC(C)(CCCO)CNc1cc(Br)ccc1[N+](=O)[O-]. The average molecular weight is 331 g/mol. The molecule has 0 atom stereocenters. The van der Waals surface area contributed by atoms with Gasteiger partial charge >= 0.3 is 0 Å². The van der Waals surface area contributed by atoms with Gasteiger partial charge < -0.3 is 10.4 Å². The Hall–Kier alpha value is -1.14. The molecule has 0 amide bonds. The maximum absolute atomic E-state index is 10.9. The molecule has 0 spiro atoms. The van der Waals surface area contributed by atoms with Crippen molar-refractivity contribution in [3.05, 3.63) is 32.8 Å². The second-order valence-electron chi connectivity index (χ2n) is 5.26. The van der Waals surface area contributed by atoms with Crippen molar-refractivity contribution in [1.29, 1.82) is 0 Å². The summed E-state index contributed by atoms with van der Waals surface area (Å²) in [5.74, 6) is 0. The molecule has 5 nitrogen and oxygen atoms in total. The van der Waals surface area contributed by atoms with E-state index in [2.05, 4.69) is 35.1 Å². The van der Waals surface area contributed by atoms with Crippen LogP contribution in [0.1, 0.15) is 26.7 Å². The van der Waals surface area contributed by atoms with Gasteiger partial charge in [0.15, 0.2) is 0 Å². The zero-order chi connectivity index (χ0) is 14.5. The van der Waals surface area contributed by atoms with Crippen LogP contribution < -0.4 is 5.32 Å². The van der Waals surface area contributed by atoms with Gasteiger partial charge in [0.05, 0.1) is 4.92 Å². The van der Waals surface area contributed by atoms with Gasteiger partial charge in [0.2, 0.25) is 0 Å². The minimum atomic E-state index is -0.393. The second kappa shape index (κ2) is 6.86. The summed E-state index contributed by atoms with van der Waals surface area (Å²) < 4.78 is 0.800. The van der Waals surface area contributed by atoms with E-state index >= 15 is 0 Å². The number of rotatable bonds is 7.